The minimum Gasteiger partial charge on any atom is -0.445 e. The van der Waals surface area contributed by atoms with E-state index in [1.54, 1.807) is 4.90 Å². The van der Waals surface area contributed by atoms with Gasteiger partial charge in [-0.15, -0.1) is 0 Å². The molecule has 0 aliphatic carbocycles. The van der Waals surface area contributed by atoms with Crippen LogP contribution in [0.15, 0.2) is 30.3 Å². The maximum Gasteiger partial charge on any atom is 0.410 e. The normalized spacial score (nSPS) is 28.8. The highest BCUT2D eigenvalue weighted by atomic mass is 16.6. The van der Waals surface area contributed by atoms with E-state index in [2.05, 4.69) is 6.92 Å². The van der Waals surface area contributed by atoms with Crippen LogP contribution in [0.5, 0.6) is 0 Å². The Kier molecular flexibility index (Phi) is 5.71. The van der Waals surface area contributed by atoms with Crippen molar-refractivity contribution in [3.63, 3.8) is 0 Å². The number of aliphatic hydroxyl groups excluding tert-OH is 1. The fraction of sp³-hybridized carbons (Fsp3) is 0.611. The van der Waals surface area contributed by atoms with Crippen LogP contribution < -0.4 is 0 Å². The Morgan fingerprint density at radius 3 is 2.92 bits per heavy atom. The van der Waals surface area contributed by atoms with Crippen molar-refractivity contribution >= 4 is 6.09 Å². The largest absolute Gasteiger partial charge is 0.445 e. The van der Waals surface area contributed by atoms with Gasteiger partial charge >= 0.3 is 6.09 Å². The molecule has 6 heteroatoms. The van der Waals surface area contributed by atoms with E-state index < -0.39 is 12.2 Å². The molecule has 0 radical (unpaired) electrons. The predicted molar refractivity (Wildman–Crippen MR) is 87.5 cm³/mol. The lowest BCUT2D eigenvalue weighted by molar-refractivity contribution is -0.0331. The molecule has 2 heterocycles. The molecule has 0 aromatic heterocycles. The Balaban J connectivity index is 1.60. The van der Waals surface area contributed by atoms with Crippen LogP contribution in [0.3, 0.4) is 0 Å². The fourth-order valence-electron chi connectivity index (χ4n) is 3.28. The first-order valence-corrected chi connectivity index (χ1v) is 8.59. The van der Waals surface area contributed by atoms with Gasteiger partial charge in [-0.3, -0.25) is 4.90 Å². The summed E-state index contributed by atoms with van der Waals surface area (Å²) in [5, 5.41) is 10.2. The van der Waals surface area contributed by atoms with Crippen LogP contribution >= 0.6 is 0 Å². The van der Waals surface area contributed by atoms with Crippen LogP contribution in [0.4, 0.5) is 4.79 Å². The number of carbonyl (C=O) groups excluding carboxylic acids is 1. The number of hydrogen-bond acceptors (Lipinski definition) is 5. The molecule has 1 N–H and O–H groups in total. The highest BCUT2D eigenvalue weighted by Crippen LogP contribution is 2.32. The molecule has 0 saturated carbocycles. The van der Waals surface area contributed by atoms with Crippen molar-refractivity contribution in [1.29, 1.82) is 0 Å². The van der Waals surface area contributed by atoms with Crippen LogP contribution in [0.25, 0.3) is 0 Å². The first-order valence-electron chi connectivity index (χ1n) is 8.59. The summed E-state index contributed by atoms with van der Waals surface area (Å²) in [6.45, 7) is 3.57. The van der Waals surface area contributed by atoms with Gasteiger partial charge in [-0.1, -0.05) is 43.7 Å². The van der Waals surface area contributed by atoms with Crippen molar-refractivity contribution in [1.82, 2.24) is 4.90 Å². The Bertz CT molecular complexity index is 537. The average molecular weight is 335 g/mol. The Hall–Kier alpha value is -1.63. The summed E-state index contributed by atoms with van der Waals surface area (Å²) >= 11 is 0. The van der Waals surface area contributed by atoms with Gasteiger partial charge in [-0.05, 0) is 12.0 Å². The molecule has 2 aliphatic rings. The predicted octanol–water partition coefficient (Wildman–Crippen LogP) is 1.95. The highest BCUT2D eigenvalue weighted by Gasteiger charge is 2.53. The molecule has 4 atom stereocenters. The number of hydrogen-bond donors (Lipinski definition) is 1. The lowest BCUT2D eigenvalue weighted by atomic mass is 10.1. The minimum atomic E-state index is -0.695. The van der Waals surface area contributed by atoms with Crippen LogP contribution in [0, 0.1) is 0 Å². The number of amides is 1. The van der Waals surface area contributed by atoms with Crippen LogP contribution in [0.1, 0.15) is 25.3 Å². The number of carbonyl (C=O) groups is 1. The number of unbranched alkanes of at least 4 members (excludes halogenated alkanes) is 1. The van der Waals surface area contributed by atoms with E-state index in [0.29, 0.717) is 13.2 Å². The van der Waals surface area contributed by atoms with Crippen molar-refractivity contribution in [3.05, 3.63) is 35.9 Å². The number of benzene rings is 1. The Labute approximate surface area is 142 Å². The average Bonchev–Trinajstić information content (AvgIpc) is 3.15. The maximum atomic E-state index is 12.5. The maximum absolute atomic E-state index is 12.5. The van der Waals surface area contributed by atoms with E-state index in [1.807, 2.05) is 30.3 Å². The smallest absolute Gasteiger partial charge is 0.410 e. The van der Waals surface area contributed by atoms with Gasteiger partial charge in [-0.25, -0.2) is 4.79 Å². The molecule has 6 nitrogen and oxygen atoms in total. The third kappa shape index (κ3) is 3.71. The van der Waals surface area contributed by atoms with Gasteiger partial charge < -0.3 is 19.3 Å². The number of rotatable bonds is 6. The van der Waals surface area contributed by atoms with Crippen LogP contribution in [0.2, 0.25) is 0 Å². The van der Waals surface area contributed by atoms with Crippen molar-refractivity contribution in [3.8, 4) is 0 Å². The SMILES string of the molecule is CCCCO[C@@H]1CN(C(=O)OCc2ccccc2)[C@@H]2C(O)COC21. The highest BCUT2D eigenvalue weighted by molar-refractivity contribution is 5.69. The number of fused-ring (bicyclic) bond motifs is 1. The number of aliphatic hydroxyl groups is 1. The summed E-state index contributed by atoms with van der Waals surface area (Å²) in [6.07, 6.45) is 0.408. The molecule has 2 saturated heterocycles. The summed E-state index contributed by atoms with van der Waals surface area (Å²) in [5.74, 6) is 0. The first-order chi connectivity index (χ1) is 11.7. The van der Waals surface area contributed by atoms with Gasteiger partial charge in [0.1, 0.15) is 24.9 Å². The van der Waals surface area contributed by atoms with Gasteiger partial charge in [0.2, 0.25) is 0 Å². The quantitative estimate of drug-likeness (QED) is 0.805. The molecule has 0 bridgehead atoms. The second kappa shape index (κ2) is 7.96. The van der Waals surface area contributed by atoms with E-state index in [0.717, 1.165) is 18.4 Å². The number of ether oxygens (including phenoxy) is 3. The zero-order valence-electron chi connectivity index (χ0n) is 14.0. The van der Waals surface area contributed by atoms with E-state index in [-0.39, 0.29) is 31.5 Å². The van der Waals surface area contributed by atoms with Crippen molar-refractivity contribution < 1.29 is 24.1 Å². The second-order valence-electron chi connectivity index (χ2n) is 6.31. The van der Waals surface area contributed by atoms with Gasteiger partial charge in [0, 0.05) is 6.61 Å². The van der Waals surface area contributed by atoms with E-state index in [4.69, 9.17) is 14.2 Å². The molecule has 2 unspecified atom stereocenters. The van der Waals surface area contributed by atoms with E-state index in [1.165, 1.54) is 0 Å². The molecule has 2 fully saturated rings. The van der Waals surface area contributed by atoms with Crippen molar-refractivity contribution in [2.24, 2.45) is 0 Å². The zero-order chi connectivity index (χ0) is 16.9. The molecule has 24 heavy (non-hydrogen) atoms. The standard InChI is InChI=1S/C18H25NO5/c1-2-3-9-22-15-10-19(16-14(20)12-23-17(15)16)18(21)24-11-13-7-5-4-6-8-13/h4-8,14-17,20H,2-3,9-12H2,1H3/t14?,15-,16-,17?/m1/s1. The molecule has 1 amide bonds. The summed E-state index contributed by atoms with van der Waals surface area (Å²) in [6, 6.07) is 9.15. The fourth-order valence-corrected chi connectivity index (χ4v) is 3.28. The molecule has 1 aromatic rings. The van der Waals surface area contributed by atoms with Gasteiger partial charge in [0.15, 0.2) is 0 Å². The van der Waals surface area contributed by atoms with Crippen molar-refractivity contribution in [2.75, 3.05) is 19.8 Å². The third-order valence-corrected chi connectivity index (χ3v) is 4.56. The summed E-state index contributed by atoms with van der Waals surface area (Å²) in [7, 11) is 0. The Morgan fingerprint density at radius 1 is 1.38 bits per heavy atom. The molecular formula is C18H25NO5. The van der Waals surface area contributed by atoms with Gasteiger partial charge in [0.05, 0.1) is 19.2 Å². The lowest BCUT2D eigenvalue weighted by Crippen LogP contribution is -2.44. The van der Waals surface area contributed by atoms with Crippen LogP contribution in [-0.2, 0) is 20.8 Å². The first kappa shape index (κ1) is 17.2. The molecule has 132 valence electrons. The van der Waals surface area contributed by atoms with E-state index in [9.17, 15) is 9.90 Å². The number of nitrogens with zero attached hydrogens (tertiary/aromatic N) is 1. The van der Waals surface area contributed by atoms with Crippen LogP contribution in [-0.4, -0.2) is 60.2 Å². The minimum absolute atomic E-state index is 0.206. The van der Waals surface area contributed by atoms with Gasteiger partial charge in [-0.2, -0.15) is 0 Å². The lowest BCUT2D eigenvalue weighted by Gasteiger charge is -2.24. The third-order valence-electron chi connectivity index (χ3n) is 4.56. The zero-order valence-corrected chi connectivity index (χ0v) is 14.0. The summed E-state index contributed by atoms with van der Waals surface area (Å²) in [4.78, 5) is 14.0. The van der Waals surface area contributed by atoms with Crippen molar-refractivity contribution in [2.45, 2.75) is 50.7 Å². The number of likely N-dealkylation sites (tertiary alicyclic amines) is 1. The monoisotopic (exact) mass is 335 g/mol. The van der Waals surface area contributed by atoms with Gasteiger partial charge in [0.25, 0.3) is 0 Å². The Morgan fingerprint density at radius 2 is 2.17 bits per heavy atom. The topological polar surface area (TPSA) is 68.2 Å². The summed E-state index contributed by atoms with van der Waals surface area (Å²) in [5.41, 5.74) is 0.931. The molecular weight excluding hydrogens is 310 g/mol. The molecule has 2 aliphatic heterocycles. The van der Waals surface area contributed by atoms with E-state index >= 15 is 0 Å². The summed E-state index contributed by atoms with van der Waals surface area (Å²) < 4.78 is 16.9. The molecule has 0 spiro atoms. The molecule has 1 aromatic carbocycles. The second-order valence-corrected chi connectivity index (χ2v) is 6.31. The molecule has 3 rings (SSSR count).